The highest BCUT2D eigenvalue weighted by molar-refractivity contribution is 14.0. The van der Waals surface area contributed by atoms with Crippen LogP contribution < -0.4 is 15.4 Å². The number of fused-ring (bicyclic) bond motifs is 1. The van der Waals surface area contributed by atoms with Crippen molar-refractivity contribution in [3.8, 4) is 0 Å². The predicted octanol–water partition coefficient (Wildman–Crippen LogP) is 3.52. The van der Waals surface area contributed by atoms with E-state index in [1.165, 1.54) is 10.9 Å². The number of nitrogens with one attached hydrogen (secondary N) is 4. The quantitative estimate of drug-likeness (QED) is 0.180. The molecule has 1 heterocycles. The third-order valence-electron chi connectivity index (χ3n) is 4.91. The van der Waals surface area contributed by atoms with Gasteiger partial charge in [0.25, 0.3) is 0 Å². The van der Waals surface area contributed by atoms with Crippen molar-refractivity contribution in [3.05, 3.63) is 71.4 Å². The van der Waals surface area contributed by atoms with Crippen molar-refractivity contribution in [2.24, 2.45) is 4.99 Å². The topological polar surface area (TPSA) is 98.4 Å². The van der Waals surface area contributed by atoms with E-state index in [0.29, 0.717) is 12.5 Å². The lowest BCUT2D eigenvalue weighted by molar-refractivity contribution is 0.568. The van der Waals surface area contributed by atoms with Gasteiger partial charge in [-0.1, -0.05) is 42.5 Å². The number of aromatic amines is 1. The molecule has 32 heavy (non-hydrogen) atoms. The fraction of sp³-hybridized carbons (Fsp3) is 0.348. The van der Waals surface area contributed by atoms with Crippen LogP contribution in [-0.2, 0) is 28.7 Å². The molecule has 0 unspecified atom stereocenters. The van der Waals surface area contributed by atoms with E-state index in [1.807, 2.05) is 56.4 Å². The zero-order valence-corrected chi connectivity index (χ0v) is 21.8. The van der Waals surface area contributed by atoms with E-state index < -0.39 is 10.0 Å². The van der Waals surface area contributed by atoms with E-state index in [1.54, 1.807) is 7.05 Å². The second-order valence-corrected chi connectivity index (χ2v) is 9.52. The van der Waals surface area contributed by atoms with Crippen molar-refractivity contribution < 1.29 is 8.42 Å². The van der Waals surface area contributed by atoms with Crippen LogP contribution in [-0.4, -0.2) is 39.0 Å². The number of halogens is 1. The molecule has 0 bridgehead atoms. The molecule has 1 aromatic heterocycles. The molecule has 0 amide bonds. The summed E-state index contributed by atoms with van der Waals surface area (Å²) in [5.74, 6) is 0.633. The molecule has 7 nitrogen and oxygen atoms in total. The molecular formula is C23H32IN5O2S. The number of nitrogens with zero attached hydrogens (tertiary/aromatic N) is 1. The van der Waals surface area contributed by atoms with E-state index in [9.17, 15) is 8.42 Å². The molecule has 0 radical (unpaired) electrons. The van der Waals surface area contributed by atoms with E-state index >= 15 is 0 Å². The first-order chi connectivity index (χ1) is 14.9. The van der Waals surface area contributed by atoms with Gasteiger partial charge in [0.2, 0.25) is 10.0 Å². The van der Waals surface area contributed by atoms with Gasteiger partial charge in [0.05, 0.1) is 5.75 Å². The van der Waals surface area contributed by atoms with Crippen LogP contribution in [0.5, 0.6) is 0 Å². The zero-order valence-electron chi connectivity index (χ0n) is 18.7. The summed E-state index contributed by atoms with van der Waals surface area (Å²) in [7, 11) is -1.66. The van der Waals surface area contributed by atoms with Gasteiger partial charge in [-0.2, -0.15) is 0 Å². The van der Waals surface area contributed by atoms with Crippen LogP contribution in [0.3, 0.4) is 0 Å². The maximum atomic E-state index is 12.3. The van der Waals surface area contributed by atoms with Gasteiger partial charge in [-0.3, -0.25) is 4.99 Å². The molecule has 0 spiro atoms. The van der Waals surface area contributed by atoms with Crippen molar-refractivity contribution in [2.45, 2.75) is 38.6 Å². The summed E-state index contributed by atoms with van der Waals surface area (Å²) in [6.45, 7) is 4.85. The van der Waals surface area contributed by atoms with Gasteiger partial charge in [-0.05, 0) is 43.0 Å². The van der Waals surface area contributed by atoms with Crippen LogP contribution >= 0.6 is 24.0 Å². The van der Waals surface area contributed by atoms with Crippen molar-refractivity contribution in [2.75, 3.05) is 13.6 Å². The molecule has 2 aromatic carbocycles. The van der Waals surface area contributed by atoms with Gasteiger partial charge in [0.15, 0.2) is 5.96 Å². The number of hydrogen-bond donors (Lipinski definition) is 4. The molecule has 3 rings (SSSR count). The van der Waals surface area contributed by atoms with Gasteiger partial charge in [0.1, 0.15) is 0 Å². The fourth-order valence-electron chi connectivity index (χ4n) is 3.53. The zero-order chi connectivity index (χ0) is 22.3. The Morgan fingerprint density at radius 3 is 2.41 bits per heavy atom. The molecule has 9 heteroatoms. The Morgan fingerprint density at radius 2 is 1.69 bits per heavy atom. The minimum atomic E-state index is -3.38. The van der Waals surface area contributed by atoms with Gasteiger partial charge in [0, 0.05) is 43.3 Å². The molecule has 0 aliphatic rings. The highest BCUT2D eigenvalue weighted by Crippen LogP contribution is 2.17. The van der Waals surface area contributed by atoms with Gasteiger partial charge >= 0.3 is 0 Å². The predicted molar refractivity (Wildman–Crippen MR) is 143 cm³/mol. The third kappa shape index (κ3) is 7.49. The van der Waals surface area contributed by atoms with E-state index in [4.69, 9.17) is 0 Å². The number of H-pyrrole nitrogens is 1. The normalized spacial score (nSPS) is 12.1. The van der Waals surface area contributed by atoms with Crippen LogP contribution in [0.15, 0.2) is 59.7 Å². The molecule has 0 aliphatic heterocycles. The Morgan fingerprint density at radius 1 is 1.00 bits per heavy atom. The molecule has 4 N–H and O–H groups in total. The number of rotatable bonds is 9. The summed E-state index contributed by atoms with van der Waals surface area (Å²) >= 11 is 0. The average molecular weight is 570 g/mol. The molecule has 0 fully saturated rings. The lowest BCUT2D eigenvalue weighted by atomic mass is 10.1. The minimum Gasteiger partial charge on any atom is -0.361 e. The van der Waals surface area contributed by atoms with Crippen LogP contribution in [0.4, 0.5) is 0 Å². The van der Waals surface area contributed by atoms with Crippen LogP contribution in [0.25, 0.3) is 10.9 Å². The molecule has 0 saturated heterocycles. The molecular weight excluding hydrogens is 537 g/mol. The van der Waals surface area contributed by atoms with E-state index in [0.717, 1.165) is 29.6 Å². The second-order valence-electron chi connectivity index (χ2n) is 7.76. The standard InChI is InChI=1S/C23H31N5O2S.HI/c1-17(2)28-31(29,30)16-20-9-5-4-8-18(20)14-27-23(24-3)25-13-12-19-15-26-22-11-7-6-10-21(19)22;/h4-11,15,17,26,28H,12-14,16H2,1-3H3,(H2,24,25,27);1H. The molecule has 0 saturated carbocycles. The summed E-state index contributed by atoms with van der Waals surface area (Å²) in [6.07, 6.45) is 2.91. The number of para-hydroxylation sites is 1. The Labute approximate surface area is 207 Å². The highest BCUT2D eigenvalue weighted by Gasteiger charge is 2.15. The first kappa shape index (κ1) is 26.1. The number of sulfonamides is 1. The number of benzene rings is 2. The monoisotopic (exact) mass is 569 g/mol. The Hall–Kier alpha value is -2.11. The largest absolute Gasteiger partial charge is 0.361 e. The van der Waals surface area contributed by atoms with Crippen LogP contribution in [0.2, 0.25) is 0 Å². The number of hydrogen-bond acceptors (Lipinski definition) is 3. The molecule has 174 valence electrons. The molecule has 3 aromatic rings. The third-order valence-corrected chi connectivity index (χ3v) is 6.43. The Balaban J connectivity index is 0.00000363. The second kappa shape index (κ2) is 12.2. The summed E-state index contributed by atoms with van der Waals surface area (Å²) in [6, 6.07) is 15.7. The number of aromatic nitrogens is 1. The van der Waals surface area contributed by atoms with Crippen LogP contribution in [0.1, 0.15) is 30.5 Å². The maximum absolute atomic E-state index is 12.3. The SMILES string of the molecule is CN=C(NCCc1c[nH]c2ccccc12)NCc1ccccc1CS(=O)(=O)NC(C)C.I. The minimum absolute atomic E-state index is 0. The lowest BCUT2D eigenvalue weighted by Crippen LogP contribution is -2.38. The lowest BCUT2D eigenvalue weighted by Gasteiger charge is -2.15. The molecule has 0 aliphatic carbocycles. The maximum Gasteiger partial charge on any atom is 0.216 e. The van der Waals surface area contributed by atoms with Crippen molar-refractivity contribution in [1.82, 2.24) is 20.3 Å². The average Bonchev–Trinajstić information content (AvgIpc) is 3.13. The van der Waals surface area contributed by atoms with Crippen molar-refractivity contribution in [1.29, 1.82) is 0 Å². The summed E-state index contributed by atoms with van der Waals surface area (Å²) in [4.78, 5) is 7.58. The van der Waals surface area contributed by atoms with Crippen LogP contribution in [0, 0.1) is 0 Å². The first-order valence-electron chi connectivity index (χ1n) is 10.4. The van der Waals surface area contributed by atoms with Crippen molar-refractivity contribution >= 4 is 50.9 Å². The van der Waals surface area contributed by atoms with Crippen molar-refractivity contribution in [3.63, 3.8) is 0 Å². The number of aliphatic imine (C=N–C) groups is 1. The summed E-state index contributed by atoms with van der Waals surface area (Å²) in [5.41, 5.74) is 4.10. The molecule has 0 atom stereocenters. The summed E-state index contributed by atoms with van der Waals surface area (Å²) in [5, 5.41) is 7.85. The first-order valence-corrected chi connectivity index (χ1v) is 12.1. The smallest absolute Gasteiger partial charge is 0.216 e. The Kier molecular flexibility index (Phi) is 9.98. The van der Waals surface area contributed by atoms with Gasteiger partial charge in [-0.25, -0.2) is 13.1 Å². The fourth-order valence-corrected chi connectivity index (χ4v) is 5.02. The van der Waals surface area contributed by atoms with Gasteiger partial charge in [-0.15, -0.1) is 24.0 Å². The Bertz CT molecular complexity index is 1140. The van der Waals surface area contributed by atoms with E-state index in [2.05, 4.69) is 37.5 Å². The highest BCUT2D eigenvalue weighted by atomic mass is 127. The van der Waals surface area contributed by atoms with Gasteiger partial charge < -0.3 is 15.6 Å². The number of guanidine groups is 1. The summed E-state index contributed by atoms with van der Waals surface area (Å²) < 4.78 is 27.3. The van der Waals surface area contributed by atoms with E-state index in [-0.39, 0.29) is 35.8 Å².